The van der Waals surface area contributed by atoms with Gasteiger partial charge in [0.2, 0.25) is 11.9 Å². The Hall–Kier alpha value is -1.56. The van der Waals surface area contributed by atoms with E-state index in [-0.39, 0.29) is 17.8 Å². The molecule has 1 fully saturated rings. The molecule has 0 bridgehead atoms. The maximum absolute atomic E-state index is 11.3. The van der Waals surface area contributed by atoms with Crippen molar-refractivity contribution in [3.8, 4) is 0 Å². The van der Waals surface area contributed by atoms with E-state index < -0.39 is 0 Å². The van der Waals surface area contributed by atoms with Gasteiger partial charge in [-0.05, 0) is 12.8 Å². The topological polar surface area (TPSA) is 92.9 Å². The molecule has 1 heterocycles. The van der Waals surface area contributed by atoms with E-state index in [1.54, 1.807) is 0 Å². The van der Waals surface area contributed by atoms with Gasteiger partial charge in [0, 0.05) is 19.0 Å². The second-order valence-electron chi connectivity index (χ2n) is 3.92. The molecule has 1 aromatic heterocycles. The zero-order valence-corrected chi connectivity index (χ0v) is 10.00. The predicted molar refractivity (Wildman–Crippen MR) is 65.7 cm³/mol. The van der Waals surface area contributed by atoms with E-state index >= 15 is 0 Å². The van der Waals surface area contributed by atoms with Crippen LogP contribution in [0.4, 0.5) is 11.8 Å². The van der Waals surface area contributed by atoms with Gasteiger partial charge in [0.25, 0.3) is 0 Å². The molecule has 0 saturated heterocycles. The van der Waals surface area contributed by atoms with Gasteiger partial charge in [0.1, 0.15) is 5.02 Å². The number of nitrogens with two attached hydrogens (primary N) is 1. The van der Waals surface area contributed by atoms with Gasteiger partial charge in [0.05, 0.1) is 6.20 Å². The van der Waals surface area contributed by atoms with E-state index in [1.165, 1.54) is 6.20 Å². The Balaban J connectivity index is 1.73. The van der Waals surface area contributed by atoms with Crippen LogP contribution in [0.5, 0.6) is 0 Å². The number of nitrogens with zero attached hydrogens (tertiary/aromatic N) is 2. The van der Waals surface area contributed by atoms with E-state index in [1.807, 2.05) is 0 Å². The summed E-state index contributed by atoms with van der Waals surface area (Å²) < 4.78 is 0. The first-order valence-corrected chi connectivity index (χ1v) is 5.84. The third-order valence-corrected chi connectivity index (χ3v) is 2.70. The van der Waals surface area contributed by atoms with Crippen LogP contribution in [-0.4, -0.2) is 29.0 Å². The molecule has 0 unspecified atom stereocenters. The number of carbonyl (C=O) groups is 1. The maximum atomic E-state index is 11.3. The first-order valence-electron chi connectivity index (χ1n) is 5.46. The second kappa shape index (κ2) is 5.18. The minimum Gasteiger partial charge on any atom is -0.368 e. The Morgan fingerprint density at radius 3 is 3.00 bits per heavy atom. The van der Waals surface area contributed by atoms with E-state index in [9.17, 15) is 4.79 Å². The molecule has 4 N–H and O–H groups in total. The van der Waals surface area contributed by atoms with Gasteiger partial charge in [-0.25, -0.2) is 4.98 Å². The average molecular weight is 256 g/mol. The van der Waals surface area contributed by atoms with Gasteiger partial charge in [-0.1, -0.05) is 11.6 Å². The van der Waals surface area contributed by atoms with Crippen molar-refractivity contribution in [1.29, 1.82) is 0 Å². The molecule has 1 amide bonds. The summed E-state index contributed by atoms with van der Waals surface area (Å²) in [6.07, 6.45) is 3.45. The van der Waals surface area contributed by atoms with Gasteiger partial charge in [-0.2, -0.15) is 4.98 Å². The summed E-state index contributed by atoms with van der Waals surface area (Å²) in [5.41, 5.74) is 5.44. The standard InChI is InChI=1S/C10H14ClN5O/c11-7-5-15-10(12)16-8(7)13-3-4-14-9(17)6-1-2-6/h5-6H,1-4H2,(H,14,17)(H3,12,13,15,16). The number of aromatic nitrogens is 2. The van der Waals surface area contributed by atoms with Crippen LogP contribution in [0, 0.1) is 5.92 Å². The summed E-state index contributed by atoms with van der Waals surface area (Å²) >= 11 is 5.87. The predicted octanol–water partition coefficient (Wildman–Crippen LogP) is 0.650. The number of nitrogen functional groups attached to an aromatic ring is 1. The molecule has 7 heteroatoms. The quantitative estimate of drug-likeness (QED) is 0.672. The molecule has 0 aromatic carbocycles. The lowest BCUT2D eigenvalue weighted by atomic mass is 10.4. The monoisotopic (exact) mass is 255 g/mol. The third kappa shape index (κ3) is 3.45. The van der Waals surface area contributed by atoms with Crippen molar-refractivity contribution >= 4 is 29.3 Å². The van der Waals surface area contributed by atoms with E-state index in [0.717, 1.165) is 12.8 Å². The Morgan fingerprint density at radius 1 is 1.53 bits per heavy atom. The Morgan fingerprint density at radius 2 is 2.29 bits per heavy atom. The molecule has 0 radical (unpaired) electrons. The molecule has 1 aliphatic rings. The van der Waals surface area contributed by atoms with Crippen molar-refractivity contribution < 1.29 is 4.79 Å². The van der Waals surface area contributed by atoms with Crippen LogP contribution in [0.25, 0.3) is 0 Å². The molecule has 1 saturated carbocycles. The van der Waals surface area contributed by atoms with Crippen LogP contribution >= 0.6 is 11.6 Å². The number of hydrogen-bond donors (Lipinski definition) is 3. The number of hydrogen-bond acceptors (Lipinski definition) is 5. The summed E-state index contributed by atoms with van der Waals surface area (Å²) in [6.45, 7) is 1.09. The van der Waals surface area contributed by atoms with Crippen molar-refractivity contribution in [3.63, 3.8) is 0 Å². The number of carbonyl (C=O) groups excluding carboxylic acids is 1. The maximum Gasteiger partial charge on any atom is 0.223 e. The van der Waals surface area contributed by atoms with Crippen LogP contribution in [-0.2, 0) is 4.79 Å². The molecule has 0 aliphatic heterocycles. The van der Waals surface area contributed by atoms with Gasteiger partial charge in [0.15, 0.2) is 5.82 Å². The first-order chi connectivity index (χ1) is 8.16. The SMILES string of the molecule is Nc1ncc(Cl)c(NCCNC(=O)C2CC2)n1. The lowest BCUT2D eigenvalue weighted by molar-refractivity contribution is -0.122. The molecule has 2 rings (SSSR count). The van der Waals surface area contributed by atoms with Crippen LogP contribution in [0.1, 0.15) is 12.8 Å². The third-order valence-electron chi connectivity index (χ3n) is 2.43. The lowest BCUT2D eigenvalue weighted by Gasteiger charge is -2.08. The number of halogens is 1. The fraction of sp³-hybridized carbons (Fsp3) is 0.500. The van der Waals surface area contributed by atoms with E-state index in [2.05, 4.69) is 20.6 Å². The smallest absolute Gasteiger partial charge is 0.223 e. The highest BCUT2D eigenvalue weighted by Crippen LogP contribution is 2.28. The molecule has 17 heavy (non-hydrogen) atoms. The number of amides is 1. The number of nitrogens with one attached hydrogen (secondary N) is 2. The van der Waals surface area contributed by atoms with Crippen molar-refractivity contribution in [1.82, 2.24) is 15.3 Å². The summed E-state index contributed by atoms with van der Waals surface area (Å²) in [7, 11) is 0. The van der Waals surface area contributed by atoms with Crippen LogP contribution < -0.4 is 16.4 Å². The minimum atomic E-state index is 0.125. The van der Waals surface area contributed by atoms with Crippen molar-refractivity contribution in [2.24, 2.45) is 5.92 Å². The van der Waals surface area contributed by atoms with Crippen molar-refractivity contribution in [2.45, 2.75) is 12.8 Å². The molecule has 0 spiro atoms. The molecular formula is C10H14ClN5O. The van der Waals surface area contributed by atoms with E-state index in [0.29, 0.717) is 23.9 Å². The Bertz CT molecular complexity index is 421. The van der Waals surface area contributed by atoms with Crippen molar-refractivity contribution in [2.75, 3.05) is 24.1 Å². The highest BCUT2D eigenvalue weighted by molar-refractivity contribution is 6.32. The normalized spacial score (nSPS) is 14.4. The summed E-state index contributed by atoms with van der Waals surface area (Å²) in [5, 5.41) is 6.23. The first kappa shape index (κ1) is 11.9. The van der Waals surface area contributed by atoms with Gasteiger partial charge < -0.3 is 16.4 Å². The zero-order valence-electron chi connectivity index (χ0n) is 9.24. The second-order valence-corrected chi connectivity index (χ2v) is 4.32. The van der Waals surface area contributed by atoms with Crippen LogP contribution in [0.2, 0.25) is 5.02 Å². The average Bonchev–Trinajstić information content (AvgIpc) is 3.12. The number of rotatable bonds is 5. The van der Waals surface area contributed by atoms with E-state index in [4.69, 9.17) is 17.3 Å². The van der Waals surface area contributed by atoms with Gasteiger partial charge >= 0.3 is 0 Å². The summed E-state index contributed by atoms with van der Waals surface area (Å²) in [5.74, 6) is 1.01. The fourth-order valence-electron chi connectivity index (χ4n) is 1.36. The highest BCUT2D eigenvalue weighted by Gasteiger charge is 2.28. The van der Waals surface area contributed by atoms with Gasteiger partial charge in [-0.15, -0.1) is 0 Å². The highest BCUT2D eigenvalue weighted by atomic mass is 35.5. The Kier molecular flexibility index (Phi) is 3.63. The molecule has 1 aromatic rings. The molecule has 0 atom stereocenters. The zero-order chi connectivity index (χ0) is 12.3. The molecule has 1 aliphatic carbocycles. The molecule has 6 nitrogen and oxygen atoms in total. The minimum absolute atomic E-state index is 0.125. The summed E-state index contributed by atoms with van der Waals surface area (Å²) in [6, 6.07) is 0. The largest absolute Gasteiger partial charge is 0.368 e. The summed E-state index contributed by atoms with van der Waals surface area (Å²) in [4.78, 5) is 19.0. The molecule has 92 valence electrons. The van der Waals surface area contributed by atoms with Crippen LogP contribution in [0.15, 0.2) is 6.20 Å². The van der Waals surface area contributed by atoms with Crippen LogP contribution in [0.3, 0.4) is 0 Å². The molecular weight excluding hydrogens is 242 g/mol. The Labute approximate surface area is 104 Å². The lowest BCUT2D eigenvalue weighted by Crippen LogP contribution is -2.30. The van der Waals surface area contributed by atoms with Crippen molar-refractivity contribution in [3.05, 3.63) is 11.2 Å². The van der Waals surface area contributed by atoms with Gasteiger partial charge in [-0.3, -0.25) is 4.79 Å². The fourth-order valence-corrected chi connectivity index (χ4v) is 1.52. The number of anilines is 2.